The van der Waals surface area contributed by atoms with Crippen molar-refractivity contribution < 1.29 is 38.2 Å². The summed E-state index contributed by atoms with van der Waals surface area (Å²) >= 11 is 6.05. The summed E-state index contributed by atoms with van der Waals surface area (Å²) in [7, 11) is -3.39. The van der Waals surface area contributed by atoms with Crippen LogP contribution in [0.4, 0.5) is 5.82 Å². The van der Waals surface area contributed by atoms with Crippen LogP contribution in [0.1, 0.15) is 25.0 Å². The highest BCUT2D eigenvalue weighted by Gasteiger charge is 2.35. The molecule has 0 bridgehead atoms. The molecule has 3 aromatic rings. The number of fused-ring (bicyclic) bond motifs is 1. The van der Waals surface area contributed by atoms with E-state index in [1.54, 1.807) is 12.4 Å². The van der Waals surface area contributed by atoms with Gasteiger partial charge in [0.05, 0.1) is 31.7 Å². The second-order valence-electron chi connectivity index (χ2n) is 7.83. The highest BCUT2D eigenvalue weighted by molar-refractivity contribution is 7.53. The van der Waals surface area contributed by atoms with Gasteiger partial charge in [-0.05, 0) is 24.6 Å². The van der Waals surface area contributed by atoms with E-state index in [4.69, 9.17) is 41.3 Å². The Morgan fingerprint density at radius 3 is 2.70 bits per heavy atom. The zero-order valence-electron chi connectivity index (χ0n) is 19.6. The number of benzene rings is 1. The van der Waals surface area contributed by atoms with Gasteiger partial charge in [0.15, 0.2) is 11.5 Å². The minimum absolute atomic E-state index is 0.144. The molecule has 0 spiro atoms. The summed E-state index contributed by atoms with van der Waals surface area (Å²) in [5, 5.41) is 16.2. The van der Waals surface area contributed by atoms with Crippen LogP contribution in [-0.2, 0) is 34.5 Å². The van der Waals surface area contributed by atoms with Crippen molar-refractivity contribution >= 4 is 48.1 Å². The smallest absolute Gasteiger partial charge is 0.356 e. The number of nitrogens with two attached hydrogens (primary N) is 1. The van der Waals surface area contributed by atoms with E-state index in [9.17, 15) is 14.2 Å². The van der Waals surface area contributed by atoms with Gasteiger partial charge in [0.25, 0.3) is 0 Å². The zero-order chi connectivity index (χ0) is 27.0. The molecule has 198 valence electrons. The fourth-order valence-electron chi connectivity index (χ4n) is 3.30. The monoisotopic (exact) mass is 553 g/mol. The molecule has 0 unspecified atom stereocenters. The molecule has 3 heterocycles. The molecule has 4 N–H and O–H groups in total. The molecule has 2 aromatic heterocycles. The lowest BCUT2D eigenvalue weighted by Gasteiger charge is -2.30. The van der Waals surface area contributed by atoms with Crippen LogP contribution in [0, 0.1) is 0 Å². The van der Waals surface area contributed by atoms with Gasteiger partial charge < -0.3 is 29.8 Å². The van der Waals surface area contributed by atoms with Gasteiger partial charge in [0.1, 0.15) is 18.2 Å². The van der Waals surface area contributed by atoms with Gasteiger partial charge in [-0.3, -0.25) is 9.09 Å². The number of nitrogen functional groups attached to an aromatic ring is 1. The molecule has 4 rings (SSSR count). The van der Waals surface area contributed by atoms with Crippen molar-refractivity contribution in [1.82, 2.24) is 19.5 Å². The number of imidazole rings is 1. The summed E-state index contributed by atoms with van der Waals surface area (Å²) in [6.45, 7) is 2.64. The van der Waals surface area contributed by atoms with Crippen molar-refractivity contribution in [3.63, 3.8) is 0 Å². The predicted octanol–water partition coefficient (Wildman–Crippen LogP) is 3.51. The largest absolute Gasteiger partial charge is 0.478 e. The Balaban J connectivity index is 0.000000414. The highest BCUT2D eigenvalue weighted by Crippen LogP contribution is 2.56. The number of halogens is 1. The molecule has 13 nitrogen and oxygen atoms in total. The lowest BCUT2D eigenvalue weighted by atomic mass is 10.1. The third-order valence-corrected chi connectivity index (χ3v) is 6.80. The number of rotatable bonds is 8. The van der Waals surface area contributed by atoms with E-state index in [0.717, 1.165) is 5.56 Å². The van der Waals surface area contributed by atoms with Gasteiger partial charge in [0, 0.05) is 23.6 Å². The van der Waals surface area contributed by atoms with Crippen molar-refractivity contribution in [1.29, 1.82) is 0 Å². The summed E-state index contributed by atoms with van der Waals surface area (Å²) in [4.78, 5) is 31.5. The standard InChI is InChI=1S/C18H21ClN5O4P.C4H4O4/c1-12(8-24-10-23-16-17(20)21-9-22-18(16)24)26-11-29(25)27-6-5-15(28-29)13-3-2-4-14(19)7-13;5-3(6)1-2-4(7)8/h2-4,7,9-10,12,15H,5-6,8,11H2,1H3,(H2,20,21,22);1-2H,(H,5,6)(H,7,8)/b;2-1+/t12-,15+,29-;/m1./s1. The maximum Gasteiger partial charge on any atom is 0.356 e. The number of hydrogen-bond donors (Lipinski definition) is 3. The highest BCUT2D eigenvalue weighted by atomic mass is 35.5. The first-order chi connectivity index (χ1) is 17.6. The van der Waals surface area contributed by atoms with E-state index in [-0.39, 0.29) is 18.6 Å². The minimum atomic E-state index is -3.39. The number of carbonyl (C=O) groups is 2. The van der Waals surface area contributed by atoms with Crippen LogP contribution in [0.25, 0.3) is 11.2 Å². The van der Waals surface area contributed by atoms with Crippen LogP contribution >= 0.6 is 19.2 Å². The lowest BCUT2D eigenvalue weighted by Crippen LogP contribution is -2.21. The van der Waals surface area contributed by atoms with E-state index in [1.165, 1.54) is 6.33 Å². The van der Waals surface area contributed by atoms with Gasteiger partial charge in [0.2, 0.25) is 0 Å². The Bertz CT molecular complexity index is 1320. The fraction of sp³-hybridized carbons (Fsp3) is 0.318. The van der Waals surface area contributed by atoms with Crippen molar-refractivity contribution in [2.75, 3.05) is 18.7 Å². The molecule has 1 aliphatic heterocycles. The second kappa shape index (κ2) is 12.7. The van der Waals surface area contributed by atoms with Crippen LogP contribution in [0.3, 0.4) is 0 Å². The molecule has 3 atom stereocenters. The van der Waals surface area contributed by atoms with Crippen molar-refractivity contribution in [3.05, 3.63) is 59.7 Å². The fourth-order valence-corrected chi connectivity index (χ4v) is 5.13. The van der Waals surface area contributed by atoms with Crippen LogP contribution in [0.2, 0.25) is 5.02 Å². The van der Waals surface area contributed by atoms with Crippen LogP contribution < -0.4 is 5.73 Å². The molecule has 1 saturated heterocycles. The van der Waals surface area contributed by atoms with Crippen molar-refractivity contribution in [3.8, 4) is 0 Å². The zero-order valence-corrected chi connectivity index (χ0v) is 21.3. The molecule has 0 radical (unpaired) electrons. The molecule has 1 fully saturated rings. The number of aliphatic carboxylic acids is 2. The van der Waals surface area contributed by atoms with Crippen LogP contribution in [-0.4, -0.2) is 60.7 Å². The molecular weight excluding hydrogens is 529 g/mol. The van der Waals surface area contributed by atoms with E-state index >= 15 is 0 Å². The summed E-state index contributed by atoms with van der Waals surface area (Å²) in [6.07, 6.45) is 3.96. The maximum absolute atomic E-state index is 13.0. The quantitative estimate of drug-likeness (QED) is 0.272. The summed E-state index contributed by atoms with van der Waals surface area (Å²) in [6, 6.07) is 7.33. The normalized spacial score (nSPS) is 20.3. The Kier molecular flexibility index (Phi) is 9.73. The molecule has 1 aliphatic rings. The number of aromatic nitrogens is 4. The van der Waals surface area contributed by atoms with Gasteiger partial charge in [-0.25, -0.2) is 24.5 Å². The van der Waals surface area contributed by atoms with Gasteiger partial charge in [-0.2, -0.15) is 0 Å². The van der Waals surface area contributed by atoms with Crippen molar-refractivity contribution in [2.24, 2.45) is 0 Å². The van der Waals surface area contributed by atoms with E-state index in [0.29, 0.717) is 53.7 Å². The average molecular weight is 554 g/mol. The first kappa shape index (κ1) is 28.2. The maximum atomic E-state index is 13.0. The van der Waals surface area contributed by atoms with E-state index in [1.807, 2.05) is 29.7 Å². The summed E-state index contributed by atoms with van der Waals surface area (Å²) < 4.78 is 31.8. The van der Waals surface area contributed by atoms with Crippen LogP contribution in [0.5, 0.6) is 0 Å². The van der Waals surface area contributed by atoms with Gasteiger partial charge in [-0.15, -0.1) is 0 Å². The number of carboxylic acid groups (broad SMARTS) is 2. The van der Waals surface area contributed by atoms with E-state index in [2.05, 4.69) is 15.0 Å². The number of hydrogen-bond acceptors (Lipinski definition) is 10. The van der Waals surface area contributed by atoms with Gasteiger partial charge >= 0.3 is 19.5 Å². The first-order valence-electron chi connectivity index (χ1n) is 10.9. The Morgan fingerprint density at radius 1 is 1.30 bits per heavy atom. The topological polar surface area (TPSA) is 189 Å². The van der Waals surface area contributed by atoms with Gasteiger partial charge in [-0.1, -0.05) is 23.7 Å². The average Bonchev–Trinajstić information content (AvgIpc) is 3.26. The van der Waals surface area contributed by atoms with Crippen LogP contribution in [0.15, 0.2) is 49.1 Å². The number of nitrogens with zero attached hydrogens (tertiary/aromatic N) is 4. The molecule has 1 aromatic carbocycles. The third-order valence-electron chi connectivity index (χ3n) is 4.95. The number of anilines is 1. The van der Waals surface area contributed by atoms with E-state index < -0.39 is 19.5 Å². The molecule has 0 saturated carbocycles. The Labute approximate surface area is 216 Å². The summed E-state index contributed by atoms with van der Waals surface area (Å²) in [5.74, 6) is -2.19. The lowest BCUT2D eigenvalue weighted by molar-refractivity contribution is -0.134. The molecule has 15 heteroatoms. The molecule has 0 aliphatic carbocycles. The Hall–Kier alpha value is -3.35. The SMILES string of the molecule is C[C@H](Cn1cnc2c(N)ncnc21)OC[P@@]1(=O)OCC[C@@H](c2cccc(Cl)c2)O1.O=C(O)/C=C/C(=O)O. The third kappa shape index (κ3) is 8.34. The molecular formula is C22H25ClN5O8P. The summed E-state index contributed by atoms with van der Waals surface area (Å²) in [5.41, 5.74) is 7.83. The minimum Gasteiger partial charge on any atom is -0.478 e. The molecule has 37 heavy (non-hydrogen) atoms. The number of ether oxygens (including phenoxy) is 1. The first-order valence-corrected chi connectivity index (χ1v) is 13.0. The molecule has 0 amide bonds. The van der Waals surface area contributed by atoms with Crippen molar-refractivity contribution in [2.45, 2.75) is 32.1 Å². The predicted molar refractivity (Wildman–Crippen MR) is 133 cm³/mol. The second-order valence-corrected chi connectivity index (χ2v) is 10.2. The number of carboxylic acids is 2. The Morgan fingerprint density at radius 2 is 2.03 bits per heavy atom.